The van der Waals surface area contributed by atoms with Gasteiger partial charge in [0.05, 0.1) is 18.0 Å². The number of carboxylic acids is 1. The Labute approximate surface area is 270 Å². The molecule has 254 valence electrons. The van der Waals surface area contributed by atoms with Crippen LogP contribution in [0.2, 0.25) is 0 Å². The molecule has 0 fully saturated rings. The maximum Gasteiger partial charge on any atom is 0.419 e. The van der Waals surface area contributed by atoms with Crippen LogP contribution in [0.3, 0.4) is 0 Å². The Hall–Kier alpha value is -4.52. The second-order valence-electron chi connectivity index (χ2n) is 11.9. The number of carboxylic acid groups (broad SMARTS) is 1. The van der Waals surface area contributed by atoms with E-state index in [1.807, 2.05) is 25.9 Å². The fraction of sp³-hybridized carbons (Fsp3) is 0.412. The number of aryl methyl sites for hydroxylation is 3. The van der Waals surface area contributed by atoms with Gasteiger partial charge in [-0.1, -0.05) is 31.0 Å². The molecule has 1 heterocycles. The maximum atomic E-state index is 15.7. The Morgan fingerprint density at radius 3 is 2.21 bits per heavy atom. The number of carbonyl (C=O) groups is 3. The number of hydrogen-bond acceptors (Lipinski definition) is 5. The van der Waals surface area contributed by atoms with Crippen LogP contribution in [0.25, 0.3) is 11.1 Å². The van der Waals surface area contributed by atoms with Crippen LogP contribution in [0.5, 0.6) is 0 Å². The van der Waals surface area contributed by atoms with E-state index in [0.29, 0.717) is 42.3 Å². The number of aliphatic carboxylic acids is 1. The molecule has 3 aromatic rings. The van der Waals surface area contributed by atoms with E-state index in [0.717, 1.165) is 11.6 Å². The molecule has 2 atom stereocenters. The number of nitrogens with one attached hydrogen (secondary N) is 2. The van der Waals surface area contributed by atoms with Crippen molar-refractivity contribution in [1.82, 2.24) is 20.1 Å². The van der Waals surface area contributed by atoms with Gasteiger partial charge in [0.2, 0.25) is 5.91 Å². The number of benzene rings is 2. The minimum absolute atomic E-state index is 0.00129. The van der Waals surface area contributed by atoms with E-state index in [-0.39, 0.29) is 17.5 Å². The molecule has 3 N–H and O–H groups in total. The second kappa shape index (κ2) is 15.4. The number of rotatable bonds is 13. The van der Waals surface area contributed by atoms with Gasteiger partial charge in [0.1, 0.15) is 17.4 Å². The summed E-state index contributed by atoms with van der Waals surface area (Å²) in [6.45, 7) is 7.75. The highest BCUT2D eigenvalue weighted by Crippen LogP contribution is 2.40. The molecule has 0 saturated carbocycles. The molecular weight excluding hydrogens is 620 g/mol. The molecule has 0 saturated heterocycles. The summed E-state index contributed by atoms with van der Waals surface area (Å²) in [5.41, 5.74) is -0.574. The molecule has 0 aliphatic rings. The minimum atomic E-state index is -5.13. The lowest BCUT2D eigenvalue weighted by Crippen LogP contribution is -2.49. The van der Waals surface area contributed by atoms with Crippen molar-refractivity contribution in [2.24, 2.45) is 0 Å². The summed E-state index contributed by atoms with van der Waals surface area (Å²) in [5, 5.41) is 14.5. The zero-order valence-electron chi connectivity index (χ0n) is 27.2. The van der Waals surface area contributed by atoms with Crippen molar-refractivity contribution in [3.8, 4) is 11.1 Å². The van der Waals surface area contributed by atoms with Gasteiger partial charge in [-0.2, -0.15) is 13.2 Å². The molecular formula is C34H40F4N4O5. The number of likely N-dealkylation sites (N-methyl/N-ethyl adjacent to an activating group) is 1. The first kappa shape index (κ1) is 36.9. The van der Waals surface area contributed by atoms with Crippen LogP contribution >= 0.6 is 0 Å². The Morgan fingerprint density at radius 1 is 1.02 bits per heavy atom. The predicted octanol–water partition coefficient (Wildman–Crippen LogP) is 5.39. The number of nitrogens with zero attached hydrogens (tertiary/aromatic N) is 2. The van der Waals surface area contributed by atoms with Crippen LogP contribution in [0.4, 0.5) is 17.6 Å². The van der Waals surface area contributed by atoms with Gasteiger partial charge < -0.3 is 25.2 Å². The highest BCUT2D eigenvalue weighted by atomic mass is 19.4. The van der Waals surface area contributed by atoms with E-state index in [9.17, 15) is 37.5 Å². The first-order chi connectivity index (χ1) is 21.9. The van der Waals surface area contributed by atoms with Crippen molar-refractivity contribution >= 4 is 17.8 Å². The summed E-state index contributed by atoms with van der Waals surface area (Å²) in [6, 6.07) is 5.08. The molecule has 0 aliphatic heterocycles. The smallest absolute Gasteiger partial charge is 0.419 e. The van der Waals surface area contributed by atoms with E-state index >= 15 is 4.39 Å². The van der Waals surface area contributed by atoms with Crippen molar-refractivity contribution in [2.75, 3.05) is 20.6 Å². The largest absolute Gasteiger partial charge is 0.481 e. The molecule has 47 heavy (non-hydrogen) atoms. The van der Waals surface area contributed by atoms with E-state index in [2.05, 4.69) is 10.6 Å². The van der Waals surface area contributed by atoms with Gasteiger partial charge in [-0.05, 0) is 87.8 Å². The van der Waals surface area contributed by atoms with Crippen molar-refractivity contribution in [3.63, 3.8) is 0 Å². The van der Waals surface area contributed by atoms with Crippen molar-refractivity contribution < 1.29 is 37.1 Å². The number of carbonyl (C=O) groups excluding carboxylic acids is 2. The normalized spacial score (nSPS) is 12.9. The number of alkyl halides is 3. The van der Waals surface area contributed by atoms with Gasteiger partial charge in [0.15, 0.2) is 0 Å². The zero-order valence-corrected chi connectivity index (χ0v) is 27.2. The molecule has 0 aliphatic carbocycles. The highest BCUT2D eigenvalue weighted by molar-refractivity contribution is 5.97. The van der Waals surface area contributed by atoms with Crippen molar-refractivity contribution in [3.05, 3.63) is 92.1 Å². The van der Waals surface area contributed by atoms with Crippen LogP contribution in [-0.4, -0.2) is 59.0 Å². The summed E-state index contributed by atoms with van der Waals surface area (Å²) in [7, 11) is 3.65. The third kappa shape index (κ3) is 9.28. The summed E-state index contributed by atoms with van der Waals surface area (Å²) in [4.78, 5) is 53.4. The molecule has 3 rings (SSSR count). The third-order valence-electron chi connectivity index (χ3n) is 7.69. The first-order valence-corrected chi connectivity index (χ1v) is 15.1. The van der Waals surface area contributed by atoms with Gasteiger partial charge in [-0.25, -0.2) is 4.39 Å². The molecule has 13 heteroatoms. The summed E-state index contributed by atoms with van der Waals surface area (Å²) in [5.74, 6) is -5.03. The van der Waals surface area contributed by atoms with Gasteiger partial charge in [0.25, 0.3) is 11.5 Å². The quantitative estimate of drug-likeness (QED) is 0.212. The van der Waals surface area contributed by atoms with Crippen LogP contribution < -0.4 is 16.2 Å². The van der Waals surface area contributed by atoms with E-state index < -0.39 is 65.0 Å². The Kier molecular flexibility index (Phi) is 12.1. The fourth-order valence-electron chi connectivity index (χ4n) is 5.56. The molecule has 0 radical (unpaired) electrons. The van der Waals surface area contributed by atoms with Crippen LogP contribution in [0.15, 0.2) is 47.4 Å². The van der Waals surface area contributed by atoms with Gasteiger partial charge in [0, 0.05) is 24.8 Å². The van der Waals surface area contributed by atoms with Crippen LogP contribution in [0, 0.1) is 26.6 Å². The summed E-state index contributed by atoms with van der Waals surface area (Å²) < 4.78 is 59.4. The van der Waals surface area contributed by atoms with Crippen molar-refractivity contribution in [2.45, 2.75) is 71.8 Å². The van der Waals surface area contributed by atoms with Gasteiger partial charge >= 0.3 is 12.1 Å². The Morgan fingerprint density at radius 2 is 1.66 bits per heavy atom. The monoisotopic (exact) mass is 660 g/mol. The zero-order chi connectivity index (χ0) is 35.2. The molecule has 0 unspecified atom stereocenters. The molecule has 2 amide bonds. The molecule has 0 bridgehead atoms. The first-order valence-electron chi connectivity index (χ1n) is 15.1. The van der Waals surface area contributed by atoms with Crippen LogP contribution in [0.1, 0.15) is 70.4 Å². The van der Waals surface area contributed by atoms with E-state index in [1.54, 1.807) is 32.9 Å². The number of halogens is 4. The number of amides is 2. The average molecular weight is 661 g/mol. The summed E-state index contributed by atoms with van der Waals surface area (Å²) in [6.07, 6.45) is -4.16. The van der Waals surface area contributed by atoms with E-state index in [4.69, 9.17) is 0 Å². The lowest BCUT2D eigenvalue weighted by Gasteiger charge is -2.25. The highest BCUT2D eigenvalue weighted by Gasteiger charge is 2.38. The third-order valence-corrected chi connectivity index (χ3v) is 7.69. The minimum Gasteiger partial charge on any atom is -0.481 e. The SMILES string of the molecule is CCC[C@H](NC(=O)c1cccn(CCN(C)C)c1=O)C(=O)N[C@@H](CC(=O)O)c1cc(-c2c(C)cc(C)cc2C)cc(C(F)(F)F)c1F. The van der Waals surface area contributed by atoms with Gasteiger partial charge in [-0.3, -0.25) is 19.2 Å². The number of aromatic nitrogens is 1. The fourth-order valence-corrected chi connectivity index (χ4v) is 5.56. The number of pyridine rings is 1. The standard InChI is InChI=1S/C34H40F4N4O5/c1-7-9-26(39-31(45)23-10-8-11-42(33(23)47)13-12-41(5)6)32(46)40-27(18-28(43)44)24-16-22(17-25(30(24)35)34(36,37)38)29-20(3)14-19(2)15-21(29)4/h8,10-11,14-17,26-27H,7,9,12-13,18H2,1-6H3,(H,39,45)(H,40,46)(H,43,44)/t26-,27-/m0/s1. The molecule has 2 aromatic carbocycles. The molecule has 1 aromatic heterocycles. The maximum absolute atomic E-state index is 15.7. The average Bonchev–Trinajstić information content (AvgIpc) is 2.95. The van der Waals surface area contributed by atoms with Crippen molar-refractivity contribution in [1.29, 1.82) is 0 Å². The van der Waals surface area contributed by atoms with Gasteiger partial charge in [-0.15, -0.1) is 0 Å². The number of hydrogen-bond donors (Lipinski definition) is 3. The van der Waals surface area contributed by atoms with Crippen LogP contribution in [-0.2, 0) is 22.3 Å². The Bertz CT molecular complexity index is 1680. The second-order valence-corrected chi connectivity index (χ2v) is 11.9. The predicted molar refractivity (Wildman–Crippen MR) is 170 cm³/mol. The lowest BCUT2D eigenvalue weighted by atomic mass is 9.89. The topological polar surface area (TPSA) is 121 Å². The van der Waals surface area contributed by atoms with E-state index in [1.165, 1.54) is 22.9 Å². The lowest BCUT2D eigenvalue weighted by molar-refractivity contribution is -0.140. The summed E-state index contributed by atoms with van der Waals surface area (Å²) >= 11 is 0. The molecule has 0 spiro atoms. The molecule has 9 nitrogen and oxygen atoms in total. The Balaban J connectivity index is 2.04.